The molecule has 9 aromatic carbocycles. The highest BCUT2D eigenvalue weighted by atomic mass is 15.1. The van der Waals surface area contributed by atoms with Gasteiger partial charge in [-0.05, 0) is 101 Å². The molecule has 0 radical (unpaired) electrons. The van der Waals surface area contributed by atoms with Crippen molar-refractivity contribution in [2.24, 2.45) is 0 Å². The second-order valence-electron chi connectivity index (χ2n) is 14.6. The van der Waals surface area contributed by atoms with Crippen molar-refractivity contribution in [2.75, 3.05) is 4.90 Å². The molecule has 2 heterocycles. The van der Waals surface area contributed by atoms with Crippen LogP contribution in [0.4, 0.5) is 17.1 Å². The molecule has 0 atom stereocenters. The molecular weight excluding hydrogens is 691 g/mol. The maximum absolute atomic E-state index is 2.42. The molecule has 0 spiro atoms. The average Bonchev–Trinajstić information content (AvgIpc) is 3.80. The second-order valence-corrected chi connectivity index (χ2v) is 14.6. The standard InChI is InChI=1S/C54H37N3/c1-6-17-38(18-7-1)40-29-32-47-49-36-44(31-34-50(49)56(52(47)35-40)42-23-12-4-13-24-42)55(41-21-10-3-11-22-41)45-30-33-48-53(37-45)57(43-25-14-5-15-26-43)51-28-16-27-46(54(48)51)39-19-8-2-9-20-39/h1-37H. The Morgan fingerprint density at radius 2 is 0.825 bits per heavy atom. The minimum absolute atomic E-state index is 1.09. The van der Waals surface area contributed by atoms with Crippen LogP contribution < -0.4 is 4.90 Å². The van der Waals surface area contributed by atoms with Crippen LogP contribution in [0.25, 0.3) is 77.2 Å². The molecule has 0 aliphatic heterocycles. The van der Waals surface area contributed by atoms with E-state index in [1.165, 1.54) is 60.3 Å². The summed E-state index contributed by atoms with van der Waals surface area (Å²) in [7, 11) is 0. The predicted molar refractivity (Wildman–Crippen MR) is 241 cm³/mol. The molecule has 2 aromatic heterocycles. The predicted octanol–water partition coefficient (Wildman–Crippen LogP) is 14.7. The zero-order valence-electron chi connectivity index (χ0n) is 31.2. The van der Waals surface area contributed by atoms with Crippen LogP contribution >= 0.6 is 0 Å². The zero-order chi connectivity index (χ0) is 37.7. The molecule has 0 saturated carbocycles. The number of fused-ring (bicyclic) bond motifs is 6. The van der Waals surface area contributed by atoms with E-state index in [0.29, 0.717) is 0 Å². The lowest BCUT2D eigenvalue weighted by Gasteiger charge is -2.26. The third-order valence-electron chi connectivity index (χ3n) is 11.3. The fourth-order valence-electron chi connectivity index (χ4n) is 8.75. The fourth-order valence-corrected chi connectivity index (χ4v) is 8.75. The lowest BCUT2D eigenvalue weighted by atomic mass is 9.99. The van der Waals surface area contributed by atoms with Crippen LogP contribution in [-0.2, 0) is 0 Å². The van der Waals surface area contributed by atoms with Crippen molar-refractivity contribution in [2.45, 2.75) is 0 Å². The van der Waals surface area contributed by atoms with E-state index in [4.69, 9.17) is 0 Å². The Morgan fingerprint density at radius 1 is 0.281 bits per heavy atom. The van der Waals surface area contributed by atoms with Crippen molar-refractivity contribution in [3.05, 3.63) is 224 Å². The Labute approximate surface area is 331 Å². The fraction of sp³-hybridized carbons (Fsp3) is 0. The number of rotatable bonds is 7. The molecule has 0 aliphatic rings. The summed E-state index contributed by atoms with van der Waals surface area (Å²) < 4.78 is 4.83. The minimum Gasteiger partial charge on any atom is -0.310 e. The number of hydrogen-bond donors (Lipinski definition) is 0. The van der Waals surface area contributed by atoms with Crippen molar-refractivity contribution in [1.82, 2.24) is 9.13 Å². The molecule has 11 rings (SSSR count). The molecule has 3 nitrogen and oxygen atoms in total. The van der Waals surface area contributed by atoms with Gasteiger partial charge in [-0.3, -0.25) is 0 Å². The summed E-state index contributed by atoms with van der Waals surface area (Å²) in [5.41, 5.74) is 15.1. The van der Waals surface area contributed by atoms with E-state index in [1.807, 2.05) is 0 Å². The highest BCUT2D eigenvalue weighted by Crippen LogP contribution is 2.44. The first-order valence-corrected chi connectivity index (χ1v) is 19.5. The first kappa shape index (κ1) is 32.8. The monoisotopic (exact) mass is 727 g/mol. The van der Waals surface area contributed by atoms with E-state index in [9.17, 15) is 0 Å². The Balaban J connectivity index is 1.15. The summed E-state index contributed by atoms with van der Waals surface area (Å²) in [6.07, 6.45) is 0. The average molecular weight is 728 g/mol. The van der Waals surface area contributed by atoms with E-state index >= 15 is 0 Å². The van der Waals surface area contributed by atoms with E-state index < -0.39 is 0 Å². The molecule has 0 N–H and O–H groups in total. The number of aromatic nitrogens is 2. The smallest absolute Gasteiger partial charge is 0.0562 e. The number of nitrogens with zero attached hydrogens (tertiary/aromatic N) is 3. The molecule has 3 heteroatoms. The highest BCUT2D eigenvalue weighted by molar-refractivity contribution is 6.17. The summed E-state index contributed by atoms with van der Waals surface area (Å²) in [5.74, 6) is 0. The van der Waals surface area contributed by atoms with Crippen LogP contribution in [0.3, 0.4) is 0 Å². The molecule has 0 saturated heterocycles. The first-order chi connectivity index (χ1) is 28.3. The summed E-state index contributed by atoms with van der Waals surface area (Å²) in [4.78, 5) is 2.40. The molecule has 57 heavy (non-hydrogen) atoms. The molecule has 0 aliphatic carbocycles. The number of hydrogen-bond acceptors (Lipinski definition) is 1. The van der Waals surface area contributed by atoms with E-state index in [1.54, 1.807) is 0 Å². The Morgan fingerprint density at radius 3 is 1.51 bits per heavy atom. The maximum Gasteiger partial charge on any atom is 0.0562 e. The lowest BCUT2D eigenvalue weighted by Crippen LogP contribution is -2.10. The Kier molecular flexibility index (Phi) is 7.82. The van der Waals surface area contributed by atoms with E-state index in [-0.39, 0.29) is 0 Å². The van der Waals surface area contributed by atoms with Gasteiger partial charge in [0.15, 0.2) is 0 Å². The third-order valence-corrected chi connectivity index (χ3v) is 11.3. The van der Waals surface area contributed by atoms with Crippen molar-refractivity contribution in [1.29, 1.82) is 0 Å². The third kappa shape index (κ3) is 5.51. The van der Waals surface area contributed by atoms with E-state index in [2.05, 4.69) is 238 Å². The molecule has 0 fully saturated rings. The molecule has 0 bridgehead atoms. The zero-order valence-corrected chi connectivity index (χ0v) is 31.2. The van der Waals surface area contributed by atoms with Gasteiger partial charge in [0.05, 0.1) is 22.1 Å². The van der Waals surface area contributed by atoms with Crippen LogP contribution in [0.15, 0.2) is 224 Å². The van der Waals surface area contributed by atoms with Crippen LogP contribution in [0, 0.1) is 0 Å². The van der Waals surface area contributed by atoms with Gasteiger partial charge >= 0.3 is 0 Å². The molecular formula is C54H37N3. The summed E-state index contributed by atoms with van der Waals surface area (Å²) in [6, 6.07) is 81.1. The number of anilines is 3. The van der Waals surface area contributed by atoms with Crippen molar-refractivity contribution >= 4 is 60.7 Å². The van der Waals surface area contributed by atoms with Crippen molar-refractivity contribution < 1.29 is 0 Å². The highest BCUT2D eigenvalue weighted by Gasteiger charge is 2.21. The SMILES string of the molecule is c1ccc(-c2ccc3c4cc(N(c5ccccc5)c5ccc6c7c(-c8ccccc8)cccc7n(-c7ccccc7)c6c5)ccc4n(-c4ccccc4)c3c2)cc1. The van der Waals surface area contributed by atoms with Crippen LogP contribution in [0.5, 0.6) is 0 Å². The number of para-hydroxylation sites is 3. The minimum atomic E-state index is 1.09. The van der Waals surface area contributed by atoms with Gasteiger partial charge in [0.25, 0.3) is 0 Å². The van der Waals surface area contributed by atoms with Gasteiger partial charge < -0.3 is 14.0 Å². The van der Waals surface area contributed by atoms with Crippen molar-refractivity contribution in [3.8, 4) is 33.6 Å². The topological polar surface area (TPSA) is 13.1 Å². The van der Waals surface area contributed by atoms with Crippen molar-refractivity contribution in [3.63, 3.8) is 0 Å². The summed E-state index contributed by atoms with van der Waals surface area (Å²) >= 11 is 0. The second kappa shape index (κ2) is 13.6. The van der Waals surface area contributed by atoms with Gasteiger partial charge in [-0.25, -0.2) is 0 Å². The summed E-state index contributed by atoms with van der Waals surface area (Å²) in [5, 5.41) is 4.90. The van der Waals surface area contributed by atoms with Gasteiger partial charge in [0.1, 0.15) is 0 Å². The number of benzene rings is 9. The normalized spacial score (nSPS) is 11.5. The molecule has 0 unspecified atom stereocenters. The molecule has 0 amide bonds. The summed E-state index contributed by atoms with van der Waals surface area (Å²) in [6.45, 7) is 0. The quantitative estimate of drug-likeness (QED) is 0.159. The van der Waals surface area contributed by atoms with E-state index in [0.717, 1.165) is 34.0 Å². The Hall–Kier alpha value is -7.62. The maximum atomic E-state index is 2.42. The van der Waals surface area contributed by atoms with Crippen LogP contribution in [0.2, 0.25) is 0 Å². The van der Waals surface area contributed by atoms with Gasteiger partial charge in [0.2, 0.25) is 0 Å². The van der Waals surface area contributed by atoms with Gasteiger partial charge in [-0.1, -0.05) is 146 Å². The molecule has 268 valence electrons. The Bertz CT molecular complexity index is 3200. The lowest BCUT2D eigenvalue weighted by molar-refractivity contribution is 1.17. The van der Waals surface area contributed by atoms with Gasteiger partial charge in [-0.15, -0.1) is 0 Å². The molecule has 11 aromatic rings. The largest absolute Gasteiger partial charge is 0.310 e. The first-order valence-electron chi connectivity index (χ1n) is 19.5. The van der Waals surface area contributed by atoms with Gasteiger partial charge in [0, 0.05) is 50.0 Å². The van der Waals surface area contributed by atoms with Crippen LogP contribution in [0.1, 0.15) is 0 Å². The van der Waals surface area contributed by atoms with Gasteiger partial charge in [-0.2, -0.15) is 0 Å². The van der Waals surface area contributed by atoms with Crippen LogP contribution in [-0.4, -0.2) is 9.13 Å².